The number of benzene rings is 1. The summed E-state index contributed by atoms with van der Waals surface area (Å²) in [5, 5.41) is 8.87. The molecule has 4 heteroatoms. The van der Waals surface area contributed by atoms with Gasteiger partial charge in [0.15, 0.2) is 0 Å². The van der Waals surface area contributed by atoms with Crippen LogP contribution >= 0.6 is 0 Å². The predicted octanol–water partition coefficient (Wildman–Crippen LogP) is 1.77. The van der Waals surface area contributed by atoms with E-state index in [1.54, 1.807) is 0 Å². The molecule has 0 saturated heterocycles. The fraction of sp³-hybridized carbons (Fsp3) is 0.500. The van der Waals surface area contributed by atoms with Crippen LogP contribution in [0.2, 0.25) is 0 Å². The second-order valence-corrected chi connectivity index (χ2v) is 4.93. The first-order valence-corrected chi connectivity index (χ1v) is 6.02. The first kappa shape index (κ1) is 14.5. The van der Waals surface area contributed by atoms with Gasteiger partial charge in [-0.3, -0.25) is 4.79 Å². The molecule has 100 valence electrons. The highest BCUT2D eigenvalue weighted by atomic mass is 16.4. The van der Waals surface area contributed by atoms with E-state index in [9.17, 15) is 4.79 Å². The van der Waals surface area contributed by atoms with E-state index in [4.69, 9.17) is 10.8 Å². The SMILES string of the molecule is Cc1cc(C)c(C)c(N(C)CC(N)C(=O)O)c1C. The van der Waals surface area contributed by atoms with Crippen molar-refractivity contribution in [1.29, 1.82) is 0 Å². The van der Waals surface area contributed by atoms with Crippen molar-refractivity contribution >= 4 is 11.7 Å². The third kappa shape index (κ3) is 2.82. The van der Waals surface area contributed by atoms with E-state index >= 15 is 0 Å². The Hall–Kier alpha value is -1.55. The van der Waals surface area contributed by atoms with Crippen LogP contribution in [0.1, 0.15) is 22.3 Å². The smallest absolute Gasteiger partial charge is 0.322 e. The van der Waals surface area contributed by atoms with Crippen LogP contribution in [0.5, 0.6) is 0 Å². The van der Waals surface area contributed by atoms with E-state index in [2.05, 4.69) is 33.8 Å². The fourth-order valence-electron chi connectivity index (χ4n) is 2.23. The molecule has 0 fully saturated rings. The third-order valence-corrected chi connectivity index (χ3v) is 3.50. The predicted molar refractivity (Wildman–Crippen MR) is 74.3 cm³/mol. The van der Waals surface area contributed by atoms with Crippen molar-refractivity contribution in [2.24, 2.45) is 5.73 Å². The number of rotatable bonds is 4. The average Bonchev–Trinajstić information content (AvgIpc) is 2.26. The summed E-state index contributed by atoms with van der Waals surface area (Å²) in [7, 11) is 1.89. The Labute approximate surface area is 108 Å². The van der Waals surface area contributed by atoms with Gasteiger partial charge in [0.05, 0.1) is 0 Å². The molecule has 1 aromatic rings. The summed E-state index contributed by atoms with van der Waals surface area (Å²) in [6.07, 6.45) is 0. The van der Waals surface area contributed by atoms with Crippen molar-refractivity contribution in [1.82, 2.24) is 0 Å². The van der Waals surface area contributed by atoms with Crippen molar-refractivity contribution in [3.05, 3.63) is 28.3 Å². The quantitative estimate of drug-likeness (QED) is 0.854. The second-order valence-electron chi connectivity index (χ2n) is 4.93. The van der Waals surface area contributed by atoms with E-state index in [-0.39, 0.29) is 0 Å². The monoisotopic (exact) mass is 250 g/mol. The zero-order valence-electron chi connectivity index (χ0n) is 11.7. The molecule has 0 amide bonds. The molecule has 0 saturated carbocycles. The highest BCUT2D eigenvalue weighted by molar-refractivity contribution is 5.74. The molecule has 1 rings (SSSR count). The zero-order valence-corrected chi connectivity index (χ0v) is 11.7. The second kappa shape index (κ2) is 5.40. The molecular weight excluding hydrogens is 228 g/mol. The summed E-state index contributed by atoms with van der Waals surface area (Å²) in [5.41, 5.74) is 11.5. The summed E-state index contributed by atoms with van der Waals surface area (Å²) in [6, 6.07) is 1.29. The van der Waals surface area contributed by atoms with Crippen LogP contribution in [-0.2, 0) is 4.79 Å². The Morgan fingerprint density at radius 2 is 1.72 bits per heavy atom. The molecule has 0 radical (unpaired) electrons. The van der Waals surface area contributed by atoms with Crippen LogP contribution in [0.4, 0.5) is 5.69 Å². The van der Waals surface area contributed by atoms with E-state index in [0.717, 1.165) is 5.69 Å². The summed E-state index contributed by atoms with van der Waals surface area (Å²) >= 11 is 0. The molecule has 4 nitrogen and oxygen atoms in total. The molecule has 0 aromatic heterocycles. The highest BCUT2D eigenvalue weighted by Crippen LogP contribution is 2.29. The van der Waals surface area contributed by atoms with Gasteiger partial charge in [-0.15, -0.1) is 0 Å². The molecule has 0 aliphatic carbocycles. The Kier molecular flexibility index (Phi) is 4.35. The fourth-order valence-corrected chi connectivity index (χ4v) is 2.23. The molecule has 3 N–H and O–H groups in total. The minimum atomic E-state index is -0.971. The van der Waals surface area contributed by atoms with Crippen LogP contribution < -0.4 is 10.6 Å². The standard InChI is InChI=1S/C14H22N2O2/c1-8-6-9(2)11(4)13(10(8)3)16(5)7-12(15)14(17)18/h6,12H,7,15H2,1-5H3,(H,17,18). The largest absolute Gasteiger partial charge is 0.480 e. The van der Waals surface area contributed by atoms with Crippen LogP contribution in [0.3, 0.4) is 0 Å². The molecule has 0 bridgehead atoms. The lowest BCUT2D eigenvalue weighted by molar-refractivity contribution is -0.138. The van der Waals surface area contributed by atoms with Crippen molar-refractivity contribution in [2.45, 2.75) is 33.7 Å². The van der Waals surface area contributed by atoms with Gasteiger partial charge in [-0.25, -0.2) is 0 Å². The van der Waals surface area contributed by atoms with Crippen LogP contribution in [0.15, 0.2) is 6.07 Å². The summed E-state index contributed by atoms with van der Waals surface area (Å²) in [5.74, 6) is -0.971. The van der Waals surface area contributed by atoms with Crippen LogP contribution in [0, 0.1) is 27.7 Å². The molecule has 1 unspecified atom stereocenters. The number of anilines is 1. The van der Waals surface area contributed by atoms with Gasteiger partial charge in [-0.2, -0.15) is 0 Å². The van der Waals surface area contributed by atoms with Crippen LogP contribution in [0.25, 0.3) is 0 Å². The normalized spacial score (nSPS) is 12.3. The lowest BCUT2D eigenvalue weighted by Crippen LogP contribution is -2.41. The number of hydrogen-bond donors (Lipinski definition) is 2. The Morgan fingerprint density at radius 3 is 2.11 bits per heavy atom. The van der Waals surface area contributed by atoms with Gasteiger partial charge in [0.25, 0.3) is 0 Å². The Balaban J connectivity index is 3.13. The van der Waals surface area contributed by atoms with Gasteiger partial charge < -0.3 is 15.7 Å². The van der Waals surface area contributed by atoms with Gasteiger partial charge in [0.2, 0.25) is 0 Å². The number of carbonyl (C=O) groups is 1. The number of aliphatic carboxylic acids is 1. The molecule has 0 spiro atoms. The maximum Gasteiger partial charge on any atom is 0.322 e. The minimum Gasteiger partial charge on any atom is -0.480 e. The van der Waals surface area contributed by atoms with Crippen molar-refractivity contribution in [3.63, 3.8) is 0 Å². The molecule has 18 heavy (non-hydrogen) atoms. The number of carboxylic acids is 1. The summed E-state index contributed by atoms with van der Waals surface area (Å²) in [6.45, 7) is 8.55. The highest BCUT2D eigenvalue weighted by Gasteiger charge is 2.18. The maximum absolute atomic E-state index is 10.8. The Bertz CT molecular complexity index is 443. The van der Waals surface area contributed by atoms with Crippen molar-refractivity contribution < 1.29 is 9.90 Å². The van der Waals surface area contributed by atoms with Gasteiger partial charge in [-0.1, -0.05) is 6.07 Å². The number of nitrogens with zero attached hydrogens (tertiary/aromatic N) is 1. The molecule has 0 aliphatic heterocycles. The van der Waals surface area contributed by atoms with Crippen molar-refractivity contribution in [2.75, 3.05) is 18.5 Å². The van der Waals surface area contributed by atoms with Crippen molar-refractivity contribution in [3.8, 4) is 0 Å². The lowest BCUT2D eigenvalue weighted by atomic mass is 9.98. The maximum atomic E-state index is 10.8. The lowest BCUT2D eigenvalue weighted by Gasteiger charge is -2.27. The van der Waals surface area contributed by atoms with Gasteiger partial charge >= 0.3 is 5.97 Å². The van der Waals surface area contributed by atoms with Gasteiger partial charge in [0, 0.05) is 19.3 Å². The average molecular weight is 250 g/mol. The van der Waals surface area contributed by atoms with Gasteiger partial charge in [0.1, 0.15) is 6.04 Å². The molecule has 1 atom stereocenters. The summed E-state index contributed by atoms with van der Waals surface area (Å²) < 4.78 is 0. The number of nitrogens with two attached hydrogens (primary N) is 1. The number of hydrogen-bond acceptors (Lipinski definition) is 3. The van der Waals surface area contributed by atoms with E-state index in [0.29, 0.717) is 6.54 Å². The van der Waals surface area contributed by atoms with E-state index in [1.807, 2.05) is 11.9 Å². The summed E-state index contributed by atoms with van der Waals surface area (Å²) in [4.78, 5) is 12.8. The Morgan fingerprint density at radius 1 is 1.28 bits per heavy atom. The van der Waals surface area contributed by atoms with Gasteiger partial charge in [-0.05, 0) is 49.9 Å². The topological polar surface area (TPSA) is 66.6 Å². The molecule has 0 heterocycles. The number of likely N-dealkylation sites (N-methyl/N-ethyl adjacent to an activating group) is 1. The first-order valence-electron chi connectivity index (χ1n) is 6.02. The molecular formula is C14H22N2O2. The number of aryl methyl sites for hydroxylation is 2. The first-order chi connectivity index (χ1) is 8.25. The van der Waals surface area contributed by atoms with E-state index in [1.165, 1.54) is 22.3 Å². The number of carboxylic acid groups (broad SMARTS) is 1. The molecule has 1 aromatic carbocycles. The third-order valence-electron chi connectivity index (χ3n) is 3.50. The minimum absolute atomic E-state index is 0.305. The van der Waals surface area contributed by atoms with Crippen LogP contribution in [-0.4, -0.2) is 30.7 Å². The molecule has 0 aliphatic rings. The zero-order chi connectivity index (χ0) is 14.0. The van der Waals surface area contributed by atoms with E-state index < -0.39 is 12.0 Å².